The molecule has 2 aromatic rings. The van der Waals surface area contributed by atoms with Gasteiger partial charge in [-0.15, -0.1) is 0 Å². The zero-order valence-corrected chi connectivity index (χ0v) is 13.4. The van der Waals surface area contributed by atoms with Crippen molar-refractivity contribution in [3.63, 3.8) is 0 Å². The Labute approximate surface area is 134 Å². The van der Waals surface area contributed by atoms with E-state index in [0.29, 0.717) is 11.4 Å². The quantitative estimate of drug-likeness (QED) is 0.765. The average Bonchev–Trinajstić information content (AvgIpc) is 2.44. The largest absolute Gasteiger partial charge is 0.473 e. The summed E-state index contributed by atoms with van der Waals surface area (Å²) in [6, 6.07) is 8.79. The first-order valence-corrected chi connectivity index (χ1v) is 7.38. The Balaban J connectivity index is 2.07. The number of hydrogen-bond acceptors (Lipinski definition) is 2. The summed E-state index contributed by atoms with van der Waals surface area (Å²) in [7, 11) is 0. The Kier molecular flexibility index (Phi) is 4.97. The maximum absolute atomic E-state index is 12.5. The van der Waals surface area contributed by atoms with Crippen molar-refractivity contribution in [1.29, 1.82) is 0 Å². The third kappa shape index (κ3) is 5.27. The molecule has 124 valence electrons. The summed E-state index contributed by atoms with van der Waals surface area (Å²) < 4.78 is 43.3. The number of nitrogens with zero attached hydrogens (tertiary/aromatic N) is 1. The van der Waals surface area contributed by atoms with E-state index < -0.39 is 11.7 Å². The zero-order chi connectivity index (χ0) is 17.1. The first-order chi connectivity index (χ1) is 10.6. The van der Waals surface area contributed by atoms with Crippen LogP contribution in [0.3, 0.4) is 0 Å². The molecule has 0 atom stereocenters. The number of pyridine rings is 1. The second-order valence-electron chi connectivity index (χ2n) is 6.69. The average molecular weight is 323 g/mol. The molecule has 0 saturated heterocycles. The molecule has 1 aromatic heterocycles. The van der Waals surface area contributed by atoms with Gasteiger partial charge in [0, 0.05) is 11.8 Å². The van der Waals surface area contributed by atoms with Gasteiger partial charge in [0.05, 0.1) is 5.56 Å². The fourth-order valence-electron chi connectivity index (χ4n) is 2.20. The summed E-state index contributed by atoms with van der Waals surface area (Å²) in [5.41, 5.74) is 1.10. The Hall–Kier alpha value is -2.04. The minimum Gasteiger partial charge on any atom is -0.473 e. The number of halogens is 3. The van der Waals surface area contributed by atoms with Crippen molar-refractivity contribution in [2.24, 2.45) is 5.41 Å². The van der Waals surface area contributed by atoms with E-state index in [4.69, 9.17) is 4.74 Å². The highest BCUT2D eigenvalue weighted by atomic mass is 19.4. The molecule has 2 nitrogen and oxygen atoms in total. The number of alkyl halides is 3. The van der Waals surface area contributed by atoms with Crippen molar-refractivity contribution in [3.8, 4) is 5.88 Å². The van der Waals surface area contributed by atoms with Gasteiger partial charge in [-0.05, 0) is 35.6 Å². The van der Waals surface area contributed by atoms with Gasteiger partial charge in [0.25, 0.3) is 0 Å². The molecule has 0 unspecified atom stereocenters. The lowest BCUT2D eigenvalue weighted by Gasteiger charge is -2.19. The van der Waals surface area contributed by atoms with Crippen molar-refractivity contribution in [3.05, 3.63) is 59.3 Å². The van der Waals surface area contributed by atoms with Gasteiger partial charge in [0.2, 0.25) is 5.88 Å². The van der Waals surface area contributed by atoms with E-state index in [9.17, 15) is 13.2 Å². The second-order valence-corrected chi connectivity index (χ2v) is 6.69. The molecule has 0 aliphatic rings. The zero-order valence-electron chi connectivity index (χ0n) is 13.4. The van der Waals surface area contributed by atoms with Gasteiger partial charge in [-0.1, -0.05) is 39.0 Å². The van der Waals surface area contributed by atoms with Crippen LogP contribution in [0.5, 0.6) is 5.88 Å². The molecule has 23 heavy (non-hydrogen) atoms. The predicted molar refractivity (Wildman–Crippen MR) is 83.2 cm³/mol. The van der Waals surface area contributed by atoms with Crippen LogP contribution in [0.1, 0.15) is 37.5 Å². The molecule has 0 radical (unpaired) electrons. The predicted octanol–water partition coefficient (Wildman–Crippen LogP) is 5.27. The van der Waals surface area contributed by atoms with Crippen molar-refractivity contribution in [2.45, 2.75) is 40.0 Å². The van der Waals surface area contributed by atoms with Gasteiger partial charge in [-0.25, -0.2) is 4.98 Å². The van der Waals surface area contributed by atoms with Gasteiger partial charge >= 0.3 is 6.18 Å². The molecule has 0 bridgehead atoms. The van der Waals surface area contributed by atoms with E-state index >= 15 is 0 Å². The molecule has 5 heteroatoms. The number of rotatable bonds is 4. The number of aromatic nitrogens is 1. The Morgan fingerprint density at radius 3 is 2.22 bits per heavy atom. The normalized spacial score (nSPS) is 12.3. The lowest BCUT2D eigenvalue weighted by Crippen LogP contribution is -2.11. The molecular formula is C18H20F3NO. The first kappa shape index (κ1) is 17.3. The number of benzene rings is 1. The van der Waals surface area contributed by atoms with Crippen molar-refractivity contribution in [2.75, 3.05) is 0 Å². The van der Waals surface area contributed by atoms with Crippen LogP contribution >= 0.6 is 0 Å². The standard InChI is InChI=1S/C18H20F3NO/c1-17(2,3)11-14-5-4-10-22-16(14)23-12-13-6-8-15(9-7-13)18(19,20)21/h4-10H,11-12H2,1-3H3. The summed E-state index contributed by atoms with van der Waals surface area (Å²) in [6.07, 6.45) is -1.86. The topological polar surface area (TPSA) is 22.1 Å². The van der Waals surface area contributed by atoms with Crippen LogP contribution in [0.2, 0.25) is 0 Å². The van der Waals surface area contributed by atoms with Crippen LogP contribution in [0.4, 0.5) is 13.2 Å². The smallest absolute Gasteiger partial charge is 0.416 e. The van der Waals surface area contributed by atoms with Crippen LogP contribution < -0.4 is 4.74 Å². The van der Waals surface area contributed by atoms with Gasteiger partial charge in [0.15, 0.2) is 0 Å². The van der Waals surface area contributed by atoms with Crippen molar-refractivity contribution in [1.82, 2.24) is 4.98 Å². The van der Waals surface area contributed by atoms with Crippen molar-refractivity contribution >= 4 is 0 Å². The van der Waals surface area contributed by atoms with E-state index in [1.54, 1.807) is 6.20 Å². The molecule has 2 rings (SSSR count). The molecule has 1 aromatic carbocycles. The van der Waals surface area contributed by atoms with E-state index in [0.717, 1.165) is 24.1 Å². The maximum Gasteiger partial charge on any atom is 0.416 e. The van der Waals surface area contributed by atoms with Crippen LogP contribution in [0, 0.1) is 5.41 Å². The van der Waals surface area contributed by atoms with Crippen LogP contribution in [-0.2, 0) is 19.2 Å². The van der Waals surface area contributed by atoms with E-state index in [1.807, 2.05) is 12.1 Å². The molecule has 0 aliphatic carbocycles. The molecule has 0 spiro atoms. The molecule has 1 heterocycles. The van der Waals surface area contributed by atoms with Gasteiger partial charge in [-0.2, -0.15) is 13.2 Å². The Bertz CT molecular complexity index is 643. The van der Waals surface area contributed by atoms with Crippen LogP contribution in [0.15, 0.2) is 42.6 Å². The first-order valence-electron chi connectivity index (χ1n) is 7.38. The molecule has 0 N–H and O–H groups in total. The number of hydrogen-bond donors (Lipinski definition) is 0. The van der Waals surface area contributed by atoms with Crippen LogP contribution in [0.25, 0.3) is 0 Å². The fraction of sp³-hybridized carbons (Fsp3) is 0.389. The maximum atomic E-state index is 12.5. The monoisotopic (exact) mass is 323 g/mol. The summed E-state index contributed by atoms with van der Waals surface area (Å²) >= 11 is 0. The second kappa shape index (κ2) is 6.60. The van der Waals surface area contributed by atoms with Gasteiger partial charge in [0.1, 0.15) is 6.61 Å². The van der Waals surface area contributed by atoms with E-state index in [-0.39, 0.29) is 12.0 Å². The highest BCUT2D eigenvalue weighted by Gasteiger charge is 2.29. The summed E-state index contributed by atoms with van der Waals surface area (Å²) in [5, 5.41) is 0. The lowest BCUT2D eigenvalue weighted by molar-refractivity contribution is -0.137. The van der Waals surface area contributed by atoms with Crippen molar-refractivity contribution < 1.29 is 17.9 Å². The minimum atomic E-state index is -4.32. The third-order valence-corrected chi connectivity index (χ3v) is 3.23. The number of ether oxygens (including phenoxy) is 1. The van der Waals surface area contributed by atoms with E-state index in [1.165, 1.54) is 12.1 Å². The lowest BCUT2D eigenvalue weighted by atomic mass is 9.88. The molecule has 0 amide bonds. The molecule has 0 aliphatic heterocycles. The molecule has 0 fully saturated rings. The van der Waals surface area contributed by atoms with Gasteiger partial charge < -0.3 is 4.74 Å². The minimum absolute atomic E-state index is 0.0928. The van der Waals surface area contributed by atoms with Crippen LogP contribution in [-0.4, -0.2) is 4.98 Å². The highest BCUT2D eigenvalue weighted by Crippen LogP contribution is 2.29. The Morgan fingerprint density at radius 1 is 1.00 bits per heavy atom. The summed E-state index contributed by atoms with van der Waals surface area (Å²) in [4.78, 5) is 4.23. The van der Waals surface area contributed by atoms with E-state index in [2.05, 4.69) is 25.8 Å². The molecule has 0 saturated carbocycles. The fourth-order valence-corrected chi connectivity index (χ4v) is 2.20. The third-order valence-electron chi connectivity index (χ3n) is 3.23. The highest BCUT2D eigenvalue weighted by molar-refractivity contribution is 5.28. The summed E-state index contributed by atoms with van der Waals surface area (Å²) in [5.74, 6) is 0.530. The molecular weight excluding hydrogens is 303 g/mol. The van der Waals surface area contributed by atoms with Gasteiger partial charge in [-0.3, -0.25) is 0 Å². The Morgan fingerprint density at radius 2 is 1.65 bits per heavy atom. The SMILES string of the molecule is CC(C)(C)Cc1cccnc1OCc1ccc(C(F)(F)F)cc1. The summed E-state index contributed by atoms with van der Waals surface area (Å²) in [6.45, 7) is 6.56.